The van der Waals surface area contributed by atoms with E-state index in [2.05, 4.69) is 10.00 Å². The fourth-order valence-electron chi connectivity index (χ4n) is 4.57. The van der Waals surface area contributed by atoms with E-state index in [1.54, 1.807) is 22.8 Å². The molecule has 7 nitrogen and oxygen atoms in total. The summed E-state index contributed by atoms with van der Waals surface area (Å²) in [4.78, 5) is 14.9. The third kappa shape index (κ3) is 4.63. The summed E-state index contributed by atoms with van der Waals surface area (Å²) in [6, 6.07) is 13.2. The van der Waals surface area contributed by atoms with E-state index in [9.17, 15) is 18.0 Å². The SMILES string of the molecule is COc1ccc(-c2ccc3c(ccc(=O)n3CCCN3CCOCC3)c2)c2cc(C(F)(F)F)nn12. The first-order valence-electron chi connectivity index (χ1n) is 11.4. The molecule has 0 saturated carbocycles. The number of methoxy groups -OCH3 is 1. The van der Waals surface area contributed by atoms with Gasteiger partial charge in [-0.1, -0.05) is 6.07 Å². The van der Waals surface area contributed by atoms with Crippen molar-refractivity contribution in [3.8, 4) is 17.0 Å². The molecule has 1 aliphatic heterocycles. The molecule has 0 N–H and O–H groups in total. The number of aromatic nitrogens is 3. The molecule has 0 aliphatic carbocycles. The standard InChI is InChI=1S/C25H25F3N4O3/c1-34-24-8-5-19(21-16-22(25(26,27)28)29-32(21)24)17-3-6-20-18(15-17)4-7-23(33)31(20)10-2-9-30-11-13-35-14-12-30/h3-8,15-16H,2,9-14H2,1H3. The second-order valence-corrected chi connectivity index (χ2v) is 8.52. The number of benzene rings is 1. The molecule has 0 radical (unpaired) electrons. The highest BCUT2D eigenvalue weighted by Crippen LogP contribution is 2.35. The van der Waals surface area contributed by atoms with E-state index in [0.29, 0.717) is 12.1 Å². The van der Waals surface area contributed by atoms with Gasteiger partial charge in [0.2, 0.25) is 5.88 Å². The summed E-state index contributed by atoms with van der Waals surface area (Å²) in [5.74, 6) is 0.203. The normalized spacial score (nSPS) is 15.2. The van der Waals surface area contributed by atoms with Crippen molar-refractivity contribution in [3.63, 3.8) is 0 Å². The van der Waals surface area contributed by atoms with Gasteiger partial charge < -0.3 is 14.0 Å². The largest absolute Gasteiger partial charge is 0.481 e. The minimum absolute atomic E-state index is 0.0790. The summed E-state index contributed by atoms with van der Waals surface area (Å²) in [7, 11) is 1.39. The van der Waals surface area contributed by atoms with E-state index in [0.717, 1.165) is 66.3 Å². The average Bonchev–Trinajstić information content (AvgIpc) is 3.32. The molecule has 0 bridgehead atoms. The summed E-state index contributed by atoms with van der Waals surface area (Å²) in [5, 5.41) is 4.54. The maximum absolute atomic E-state index is 13.3. The van der Waals surface area contributed by atoms with Crippen LogP contribution in [0.4, 0.5) is 13.2 Å². The van der Waals surface area contributed by atoms with Gasteiger partial charge in [0.05, 0.1) is 31.4 Å². The van der Waals surface area contributed by atoms with Gasteiger partial charge in [0.1, 0.15) is 0 Å². The quantitative estimate of drug-likeness (QED) is 0.411. The lowest BCUT2D eigenvalue weighted by Crippen LogP contribution is -2.37. The molecule has 0 unspecified atom stereocenters. The molecule has 4 aromatic rings. The summed E-state index contributed by atoms with van der Waals surface area (Å²) in [5.41, 5.74) is 1.31. The Morgan fingerprint density at radius 2 is 1.80 bits per heavy atom. The van der Waals surface area contributed by atoms with Crippen molar-refractivity contribution in [3.05, 3.63) is 64.6 Å². The first kappa shape index (κ1) is 23.4. The van der Waals surface area contributed by atoms with Crippen LogP contribution in [0.15, 0.2) is 53.3 Å². The highest BCUT2D eigenvalue weighted by atomic mass is 19.4. The van der Waals surface area contributed by atoms with Crippen molar-refractivity contribution in [2.45, 2.75) is 19.1 Å². The van der Waals surface area contributed by atoms with Gasteiger partial charge in [-0.05, 0) is 47.7 Å². The average molecular weight is 486 g/mol. The summed E-state index contributed by atoms with van der Waals surface area (Å²) < 4.78 is 53.6. The molecular formula is C25H25F3N4O3. The highest BCUT2D eigenvalue weighted by Gasteiger charge is 2.35. The van der Waals surface area contributed by atoms with E-state index in [1.165, 1.54) is 13.2 Å². The number of rotatable bonds is 6. The number of alkyl halides is 3. The topological polar surface area (TPSA) is 61.0 Å². The van der Waals surface area contributed by atoms with Crippen molar-refractivity contribution in [1.29, 1.82) is 0 Å². The minimum Gasteiger partial charge on any atom is -0.481 e. The minimum atomic E-state index is -4.57. The third-order valence-electron chi connectivity index (χ3n) is 6.35. The molecule has 5 rings (SSSR count). The number of pyridine rings is 2. The van der Waals surface area contributed by atoms with Gasteiger partial charge >= 0.3 is 6.18 Å². The monoisotopic (exact) mass is 486 g/mol. The predicted octanol–water partition coefficient (Wildman–Crippen LogP) is 4.07. The second-order valence-electron chi connectivity index (χ2n) is 8.52. The fourth-order valence-corrected chi connectivity index (χ4v) is 4.57. The Bertz CT molecular complexity index is 1420. The second kappa shape index (κ2) is 9.35. The maximum Gasteiger partial charge on any atom is 0.435 e. The molecule has 0 spiro atoms. The van der Waals surface area contributed by atoms with Crippen LogP contribution < -0.4 is 10.3 Å². The molecular weight excluding hydrogens is 461 g/mol. The van der Waals surface area contributed by atoms with E-state index >= 15 is 0 Å². The smallest absolute Gasteiger partial charge is 0.435 e. The van der Waals surface area contributed by atoms with Gasteiger partial charge in [-0.25, -0.2) is 0 Å². The molecule has 0 amide bonds. The Kier molecular flexibility index (Phi) is 6.24. The van der Waals surface area contributed by atoms with Crippen LogP contribution in [0.5, 0.6) is 5.88 Å². The summed E-state index contributed by atoms with van der Waals surface area (Å²) in [6.07, 6.45) is -3.75. The van der Waals surface area contributed by atoms with Crippen LogP contribution in [-0.2, 0) is 17.5 Å². The number of hydrogen-bond donors (Lipinski definition) is 0. The molecule has 3 aromatic heterocycles. The van der Waals surface area contributed by atoms with Crippen LogP contribution in [0.1, 0.15) is 12.1 Å². The zero-order valence-corrected chi connectivity index (χ0v) is 19.2. The molecule has 4 heterocycles. The van der Waals surface area contributed by atoms with Gasteiger partial charge in [-0.2, -0.15) is 22.8 Å². The number of fused-ring (bicyclic) bond motifs is 2. The van der Waals surface area contributed by atoms with Gasteiger partial charge in [-0.3, -0.25) is 9.69 Å². The first-order chi connectivity index (χ1) is 16.8. The molecule has 1 aromatic carbocycles. The van der Waals surface area contributed by atoms with E-state index in [4.69, 9.17) is 9.47 Å². The van der Waals surface area contributed by atoms with Crippen LogP contribution in [-0.4, -0.2) is 59.0 Å². The molecule has 1 aliphatic rings. The zero-order valence-electron chi connectivity index (χ0n) is 19.2. The maximum atomic E-state index is 13.3. The predicted molar refractivity (Wildman–Crippen MR) is 126 cm³/mol. The Morgan fingerprint density at radius 1 is 1.00 bits per heavy atom. The van der Waals surface area contributed by atoms with Gasteiger partial charge in [0.15, 0.2) is 5.69 Å². The number of aryl methyl sites for hydroxylation is 1. The highest BCUT2D eigenvalue weighted by molar-refractivity contribution is 5.89. The lowest BCUT2D eigenvalue weighted by atomic mass is 10.0. The van der Waals surface area contributed by atoms with Crippen LogP contribution in [0.2, 0.25) is 0 Å². The van der Waals surface area contributed by atoms with E-state index in [1.807, 2.05) is 18.2 Å². The van der Waals surface area contributed by atoms with Crippen LogP contribution in [0, 0.1) is 0 Å². The number of halogens is 3. The molecule has 1 fully saturated rings. The van der Waals surface area contributed by atoms with Crippen molar-refractivity contribution in [2.75, 3.05) is 40.0 Å². The van der Waals surface area contributed by atoms with E-state index in [-0.39, 0.29) is 17.0 Å². The third-order valence-corrected chi connectivity index (χ3v) is 6.35. The summed E-state index contributed by atoms with van der Waals surface area (Å²) in [6.45, 7) is 4.73. The van der Waals surface area contributed by atoms with Crippen molar-refractivity contribution in [1.82, 2.24) is 19.1 Å². The summed E-state index contributed by atoms with van der Waals surface area (Å²) >= 11 is 0. The molecule has 1 saturated heterocycles. The van der Waals surface area contributed by atoms with Crippen molar-refractivity contribution < 1.29 is 22.6 Å². The lowest BCUT2D eigenvalue weighted by molar-refractivity contribution is -0.141. The first-order valence-corrected chi connectivity index (χ1v) is 11.4. The van der Waals surface area contributed by atoms with Gasteiger partial charge in [0.25, 0.3) is 5.56 Å². The number of nitrogens with zero attached hydrogens (tertiary/aromatic N) is 4. The van der Waals surface area contributed by atoms with Crippen molar-refractivity contribution in [2.24, 2.45) is 0 Å². The zero-order chi connectivity index (χ0) is 24.6. The van der Waals surface area contributed by atoms with Crippen LogP contribution >= 0.6 is 0 Å². The molecule has 0 atom stereocenters. The van der Waals surface area contributed by atoms with Gasteiger partial charge in [-0.15, -0.1) is 0 Å². The number of hydrogen-bond acceptors (Lipinski definition) is 5. The Hall–Kier alpha value is -3.37. The Morgan fingerprint density at radius 3 is 2.54 bits per heavy atom. The fraction of sp³-hybridized carbons (Fsp3) is 0.360. The van der Waals surface area contributed by atoms with Crippen LogP contribution in [0.3, 0.4) is 0 Å². The Balaban J connectivity index is 1.50. The number of morpholine rings is 1. The Labute approximate surface area is 199 Å². The molecule has 10 heteroatoms. The lowest BCUT2D eigenvalue weighted by Gasteiger charge is -2.26. The molecule has 184 valence electrons. The van der Waals surface area contributed by atoms with Gasteiger partial charge in [0, 0.05) is 43.9 Å². The van der Waals surface area contributed by atoms with Crippen LogP contribution in [0.25, 0.3) is 27.5 Å². The van der Waals surface area contributed by atoms with E-state index < -0.39 is 11.9 Å². The molecule has 35 heavy (non-hydrogen) atoms. The number of ether oxygens (including phenoxy) is 2. The van der Waals surface area contributed by atoms with Crippen molar-refractivity contribution >= 4 is 16.4 Å².